The maximum atomic E-state index is 13.1. The smallest absolute Gasteiger partial charge is 0.407 e. The van der Waals surface area contributed by atoms with Crippen LogP contribution in [0, 0.1) is 0 Å². The first kappa shape index (κ1) is 24.3. The van der Waals surface area contributed by atoms with E-state index in [-0.39, 0.29) is 24.3 Å². The summed E-state index contributed by atoms with van der Waals surface area (Å²) in [5.74, 6) is -0.231. The second-order valence-electron chi connectivity index (χ2n) is 9.31. The number of rotatable bonds is 6. The van der Waals surface area contributed by atoms with Crippen molar-refractivity contribution in [2.75, 3.05) is 13.1 Å². The monoisotopic (exact) mass is 451 g/mol. The molecule has 1 atom stereocenters. The molecule has 1 unspecified atom stereocenters. The zero-order chi connectivity index (χ0) is 23.8. The normalized spacial score (nSPS) is 15.4. The molecule has 1 heterocycles. The van der Waals surface area contributed by atoms with Crippen molar-refractivity contribution < 1.29 is 19.1 Å². The third-order valence-corrected chi connectivity index (χ3v) is 5.49. The molecule has 2 N–H and O–H groups in total. The molecule has 3 amide bonds. The lowest BCUT2D eigenvalue weighted by atomic mass is 10.0. The number of carbonyl (C=O) groups excluding carboxylic acids is 3. The van der Waals surface area contributed by atoms with Crippen molar-refractivity contribution in [3.63, 3.8) is 0 Å². The Kier molecular flexibility index (Phi) is 8.09. The Morgan fingerprint density at radius 1 is 0.970 bits per heavy atom. The molecule has 0 spiro atoms. The molecule has 33 heavy (non-hydrogen) atoms. The highest BCUT2D eigenvalue weighted by Gasteiger charge is 2.28. The van der Waals surface area contributed by atoms with E-state index >= 15 is 0 Å². The van der Waals surface area contributed by atoms with Crippen LogP contribution in [0.5, 0.6) is 0 Å². The molecule has 1 saturated heterocycles. The predicted octanol–water partition coefficient (Wildman–Crippen LogP) is 4.06. The number of piperidine rings is 1. The topological polar surface area (TPSA) is 87.7 Å². The van der Waals surface area contributed by atoms with Crippen molar-refractivity contribution in [3.05, 3.63) is 71.8 Å². The van der Waals surface area contributed by atoms with Crippen molar-refractivity contribution in [1.82, 2.24) is 15.5 Å². The first-order valence-corrected chi connectivity index (χ1v) is 11.4. The average molecular weight is 452 g/mol. The summed E-state index contributed by atoms with van der Waals surface area (Å²) in [6.07, 6.45) is 1.07. The highest BCUT2D eigenvalue weighted by Crippen LogP contribution is 2.21. The number of amides is 3. The number of hydrogen-bond donors (Lipinski definition) is 2. The fourth-order valence-electron chi connectivity index (χ4n) is 3.82. The third-order valence-electron chi connectivity index (χ3n) is 5.49. The summed E-state index contributed by atoms with van der Waals surface area (Å²) in [5.41, 5.74) is 0.897. The molecule has 1 aliphatic rings. The quantitative estimate of drug-likeness (QED) is 0.693. The molecule has 7 heteroatoms. The molecule has 0 saturated carbocycles. The summed E-state index contributed by atoms with van der Waals surface area (Å²) < 4.78 is 5.32. The Morgan fingerprint density at radius 2 is 1.55 bits per heavy atom. The van der Waals surface area contributed by atoms with Gasteiger partial charge < -0.3 is 20.3 Å². The van der Waals surface area contributed by atoms with Crippen molar-refractivity contribution >= 4 is 17.9 Å². The van der Waals surface area contributed by atoms with Crippen LogP contribution in [-0.2, 0) is 9.53 Å². The van der Waals surface area contributed by atoms with Crippen molar-refractivity contribution in [1.29, 1.82) is 0 Å². The van der Waals surface area contributed by atoms with E-state index in [2.05, 4.69) is 10.6 Å². The fourth-order valence-corrected chi connectivity index (χ4v) is 3.82. The van der Waals surface area contributed by atoms with Gasteiger partial charge in [-0.1, -0.05) is 48.5 Å². The van der Waals surface area contributed by atoms with Gasteiger partial charge in [0.25, 0.3) is 5.91 Å². The van der Waals surface area contributed by atoms with E-state index in [0.717, 1.165) is 5.56 Å². The Labute approximate surface area is 195 Å². The minimum absolute atomic E-state index is 0.0204. The third kappa shape index (κ3) is 7.63. The van der Waals surface area contributed by atoms with Gasteiger partial charge in [-0.05, 0) is 51.3 Å². The van der Waals surface area contributed by atoms with Crippen LogP contribution in [0.15, 0.2) is 60.7 Å². The van der Waals surface area contributed by atoms with Gasteiger partial charge in [-0.25, -0.2) is 4.79 Å². The largest absolute Gasteiger partial charge is 0.444 e. The second kappa shape index (κ2) is 11.0. The molecule has 2 aromatic carbocycles. The number of likely N-dealkylation sites (tertiary alicyclic amines) is 1. The lowest BCUT2D eigenvalue weighted by molar-refractivity contribution is -0.132. The summed E-state index contributed by atoms with van der Waals surface area (Å²) in [7, 11) is 0. The SMILES string of the molecule is CC(C)(C)OC(=O)NC1CCN(C(=O)CC(NC(=O)c2ccccc2)c2ccccc2)CC1. The molecule has 7 nitrogen and oxygen atoms in total. The molecular formula is C26H33N3O4. The van der Waals surface area contributed by atoms with Crippen LogP contribution in [0.25, 0.3) is 0 Å². The maximum Gasteiger partial charge on any atom is 0.407 e. The minimum Gasteiger partial charge on any atom is -0.444 e. The lowest BCUT2D eigenvalue weighted by Crippen LogP contribution is -2.48. The van der Waals surface area contributed by atoms with Gasteiger partial charge in [0.15, 0.2) is 0 Å². The van der Waals surface area contributed by atoms with Gasteiger partial charge in [0.1, 0.15) is 5.60 Å². The molecule has 1 fully saturated rings. The fraction of sp³-hybridized carbons (Fsp3) is 0.423. The van der Waals surface area contributed by atoms with Gasteiger partial charge in [0.05, 0.1) is 12.5 Å². The predicted molar refractivity (Wildman–Crippen MR) is 127 cm³/mol. The van der Waals surface area contributed by atoms with Gasteiger partial charge in [0, 0.05) is 24.7 Å². The summed E-state index contributed by atoms with van der Waals surface area (Å²) in [6, 6.07) is 18.1. The summed E-state index contributed by atoms with van der Waals surface area (Å²) in [6.45, 7) is 6.58. The average Bonchev–Trinajstić information content (AvgIpc) is 2.79. The zero-order valence-electron chi connectivity index (χ0n) is 19.5. The van der Waals surface area contributed by atoms with Gasteiger partial charge in [0.2, 0.25) is 5.91 Å². The molecule has 0 aliphatic carbocycles. The Balaban J connectivity index is 1.58. The number of nitrogens with one attached hydrogen (secondary N) is 2. The molecule has 0 bridgehead atoms. The van der Waals surface area contributed by atoms with E-state index in [0.29, 0.717) is 31.5 Å². The van der Waals surface area contributed by atoms with E-state index in [1.54, 1.807) is 17.0 Å². The van der Waals surface area contributed by atoms with Crippen molar-refractivity contribution in [2.45, 2.75) is 57.7 Å². The second-order valence-corrected chi connectivity index (χ2v) is 9.31. The van der Waals surface area contributed by atoms with Gasteiger partial charge >= 0.3 is 6.09 Å². The molecule has 0 radical (unpaired) electrons. The van der Waals surface area contributed by atoms with Crippen molar-refractivity contribution in [3.8, 4) is 0 Å². The number of benzene rings is 2. The van der Waals surface area contributed by atoms with Crippen LogP contribution in [-0.4, -0.2) is 47.5 Å². The van der Waals surface area contributed by atoms with E-state index in [1.807, 2.05) is 69.3 Å². The molecule has 0 aromatic heterocycles. The van der Waals surface area contributed by atoms with Crippen LogP contribution < -0.4 is 10.6 Å². The van der Waals surface area contributed by atoms with Crippen LogP contribution in [0.4, 0.5) is 4.79 Å². The number of ether oxygens (including phenoxy) is 1. The Morgan fingerprint density at radius 3 is 2.12 bits per heavy atom. The van der Waals surface area contributed by atoms with Crippen LogP contribution in [0.3, 0.4) is 0 Å². The molecular weight excluding hydrogens is 418 g/mol. The van der Waals surface area contributed by atoms with E-state index in [4.69, 9.17) is 4.74 Å². The number of nitrogens with zero attached hydrogens (tertiary/aromatic N) is 1. The molecule has 176 valence electrons. The van der Waals surface area contributed by atoms with E-state index in [9.17, 15) is 14.4 Å². The van der Waals surface area contributed by atoms with Crippen molar-refractivity contribution in [2.24, 2.45) is 0 Å². The van der Waals surface area contributed by atoms with Crippen LogP contribution in [0.1, 0.15) is 62.0 Å². The van der Waals surface area contributed by atoms with Gasteiger partial charge in [-0.2, -0.15) is 0 Å². The van der Waals surface area contributed by atoms with E-state index in [1.165, 1.54) is 0 Å². The highest BCUT2D eigenvalue weighted by atomic mass is 16.6. The molecule has 1 aliphatic heterocycles. The number of hydrogen-bond acceptors (Lipinski definition) is 4. The minimum atomic E-state index is -0.544. The van der Waals surface area contributed by atoms with E-state index < -0.39 is 17.7 Å². The number of carbonyl (C=O) groups is 3. The first-order chi connectivity index (χ1) is 15.7. The summed E-state index contributed by atoms with van der Waals surface area (Å²) in [4.78, 5) is 39.6. The van der Waals surface area contributed by atoms with Crippen LogP contribution >= 0.6 is 0 Å². The van der Waals surface area contributed by atoms with Gasteiger partial charge in [-0.3, -0.25) is 9.59 Å². The first-order valence-electron chi connectivity index (χ1n) is 11.4. The maximum absolute atomic E-state index is 13.1. The summed E-state index contributed by atoms with van der Waals surface area (Å²) in [5, 5.41) is 5.91. The Bertz CT molecular complexity index is 933. The lowest BCUT2D eigenvalue weighted by Gasteiger charge is -2.33. The van der Waals surface area contributed by atoms with Crippen LogP contribution in [0.2, 0.25) is 0 Å². The Hall–Kier alpha value is -3.35. The molecule has 3 rings (SSSR count). The number of alkyl carbamates (subject to hydrolysis) is 1. The van der Waals surface area contributed by atoms with Gasteiger partial charge in [-0.15, -0.1) is 0 Å². The highest BCUT2D eigenvalue weighted by molar-refractivity contribution is 5.94. The zero-order valence-corrected chi connectivity index (χ0v) is 19.5. The standard InChI is InChI=1S/C26H33N3O4/c1-26(2,3)33-25(32)27-21-14-16-29(17-15-21)23(30)18-22(19-10-6-4-7-11-19)28-24(31)20-12-8-5-9-13-20/h4-13,21-22H,14-18H2,1-3H3,(H,27,32)(H,28,31). The molecule has 2 aromatic rings. The summed E-state index contributed by atoms with van der Waals surface area (Å²) >= 11 is 0.